The normalized spacial score (nSPS) is 26.4. The minimum Gasteiger partial charge on any atom is -0.463 e. The summed E-state index contributed by atoms with van der Waals surface area (Å²) in [7, 11) is 4.01. The molecule has 0 aromatic heterocycles. The van der Waals surface area contributed by atoms with Gasteiger partial charge in [-0.05, 0) is 40.9 Å². The average molecular weight is 926 g/mol. The first-order valence-electron chi connectivity index (χ1n) is 18.6. The maximum atomic E-state index is 12.3. The van der Waals surface area contributed by atoms with Crippen molar-refractivity contribution in [1.82, 2.24) is 4.90 Å². The Hall–Kier alpha value is -4.59. The SMILES string of the molecule is CN(C)CCCOC1C(C(O)CO)OC2OC(C)(C)OC21.Cl.O=C(CC[N+](=O)[O-])OCC1OC(O)C(OC(=O)CC[N+](=O)[O-])C(OC(=O)CC[N+](=O)[O-])C1OC(=O)CC[N+](=O)[O-]. The molecule has 0 bridgehead atoms. The molecule has 0 saturated carbocycles. The first-order valence-corrected chi connectivity index (χ1v) is 18.6. The monoisotopic (exact) mass is 925 g/mol. The van der Waals surface area contributed by atoms with Crippen molar-refractivity contribution in [3.05, 3.63) is 40.5 Å². The van der Waals surface area contributed by atoms with Crippen molar-refractivity contribution in [1.29, 1.82) is 0 Å². The van der Waals surface area contributed by atoms with Crippen LogP contribution in [0.5, 0.6) is 0 Å². The van der Waals surface area contributed by atoms with E-state index < -0.39 is 163 Å². The number of carbonyl (C=O) groups is 4. The molecule has 10 atom stereocenters. The Morgan fingerprint density at radius 3 is 1.66 bits per heavy atom. The molecule has 3 fully saturated rings. The second-order valence-electron chi connectivity index (χ2n) is 14.1. The lowest BCUT2D eigenvalue weighted by atomic mass is 9.98. The molecule has 29 nitrogen and oxygen atoms in total. The summed E-state index contributed by atoms with van der Waals surface area (Å²) in [6, 6.07) is 0. The standard InChI is InChI=1S/C18H24N4O18.C14H27NO6.ClH/c23-11(1-5-19(28)29)36-9-10-15(38-12(24)2-6-20(30)31)16(39-13(25)3-7-21(32)33)17(18(27)37-10)40-14(26)4-8-22(34)35;1-14(2)20-12-11(18-7-5-6-15(3)4)10(9(17)8-16)19-13(12)21-14;/h10,15-18,27H,1-9H2;9-13,16-17H,5-8H2,1-4H3;1H. The van der Waals surface area contributed by atoms with Gasteiger partial charge in [-0.3, -0.25) is 59.6 Å². The van der Waals surface area contributed by atoms with Crippen LogP contribution < -0.4 is 0 Å². The number of esters is 4. The molecule has 0 amide bonds. The largest absolute Gasteiger partial charge is 0.463 e. The molecule has 3 rings (SSSR count). The predicted octanol–water partition coefficient (Wildman–Crippen LogP) is -2.38. The van der Waals surface area contributed by atoms with E-state index in [1.165, 1.54) is 0 Å². The summed E-state index contributed by atoms with van der Waals surface area (Å²) in [5.41, 5.74) is 0. The summed E-state index contributed by atoms with van der Waals surface area (Å²) in [4.78, 5) is 89.4. The van der Waals surface area contributed by atoms with E-state index in [0.29, 0.717) is 6.61 Å². The topological polar surface area (TPSA) is 388 Å². The third-order valence-corrected chi connectivity index (χ3v) is 8.47. The molecule has 3 saturated heterocycles. The Morgan fingerprint density at radius 2 is 1.19 bits per heavy atom. The Balaban J connectivity index is 0.000000730. The fourth-order valence-corrected chi connectivity index (χ4v) is 5.75. The van der Waals surface area contributed by atoms with Gasteiger partial charge in [-0.25, -0.2) is 0 Å². The van der Waals surface area contributed by atoms with Crippen LogP contribution in [0, 0.1) is 40.5 Å². The highest BCUT2D eigenvalue weighted by Gasteiger charge is 2.57. The summed E-state index contributed by atoms with van der Waals surface area (Å²) in [5.74, 6) is -5.79. The number of aliphatic hydroxyl groups excluding tert-OH is 3. The first-order chi connectivity index (χ1) is 28.5. The van der Waals surface area contributed by atoms with Crippen LogP contribution in [0.2, 0.25) is 0 Å². The van der Waals surface area contributed by atoms with E-state index in [-0.39, 0.29) is 25.1 Å². The number of rotatable bonds is 24. The Bertz CT molecular complexity index is 1520. The molecule has 0 aromatic rings. The van der Waals surface area contributed by atoms with Gasteiger partial charge in [0.2, 0.25) is 26.2 Å². The third kappa shape index (κ3) is 19.6. The summed E-state index contributed by atoms with van der Waals surface area (Å²) in [6.07, 6.45) is -15.3. The van der Waals surface area contributed by atoms with Crippen molar-refractivity contribution in [3.8, 4) is 0 Å². The highest BCUT2D eigenvalue weighted by molar-refractivity contribution is 5.85. The van der Waals surface area contributed by atoms with E-state index in [1.54, 1.807) is 0 Å². The minimum atomic E-state index is -2.22. The molecule has 3 aliphatic heterocycles. The van der Waals surface area contributed by atoms with Crippen LogP contribution in [0.3, 0.4) is 0 Å². The van der Waals surface area contributed by atoms with Crippen molar-refractivity contribution >= 4 is 36.3 Å². The van der Waals surface area contributed by atoms with Gasteiger partial charge in [0.05, 0.1) is 6.61 Å². The molecule has 3 N–H and O–H groups in total. The number of carbonyl (C=O) groups excluding carboxylic acids is 4. The second-order valence-corrected chi connectivity index (χ2v) is 14.1. The maximum Gasteiger partial charge on any atom is 0.313 e. The number of hydrogen-bond donors (Lipinski definition) is 3. The molecule has 3 heterocycles. The van der Waals surface area contributed by atoms with Crippen LogP contribution in [-0.4, -0.2) is 198 Å². The Kier molecular flexibility index (Phi) is 23.9. The van der Waals surface area contributed by atoms with E-state index in [2.05, 4.69) is 4.90 Å². The number of halogens is 1. The van der Waals surface area contributed by atoms with E-state index in [0.717, 1.165) is 13.0 Å². The van der Waals surface area contributed by atoms with Crippen LogP contribution >= 0.6 is 12.4 Å². The molecule has 0 spiro atoms. The number of hydrogen-bond acceptors (Lipinski definition) is 25. The zero-order chi connectivity index (χ0) is 46.0. The van der Waals surface area contributed by atoms with E-state index in [4.69, 9.17) is 47.7 Å². The number of aliphatic hydroxyl groups is 3. The lowest BCUT2D eigenvalue weighted by Gasteiger charge is -2.42. The van der Waals surface area contributed by atoms with Gasteiger partial charge < -0.3 is 62.9 Å². The van der Waals surface area contributed by atoms with Gasteiger partial charge in [0, 0.05) is 26.3 Å². The quantitative estimate of drug-likeness (QED) is 0.0299. The number of nitro groups is 4. The van der Waals surface area contributed by atoms with Crippen LogP contribution in [0.1, 0.15) is 46.0 Å². The summed E-state index contributed by atoms with van der Waals surface area (Å²) in [5, 5.41) is 71.7. The molecule has 356 valence electrons. The van der Waals surface area contributed by atoms with Gasteiger partial charge in [0.15, 0.2) is 36.7 Å². The van der Waals surface area contributed by atoms with Crippen molar-refractivity contribution in [3.63, 3.8) is 0 Å². The van der Waals surface area contributed by atoms with Crippen LogP contribution in [0.25, 0.3) is 0 Å². The zero-order valence-corrected chi connectivity index (χ0v) is 34.8. The van der Waals surface area contributed by atoms with Gasteiger partial charge in [0.1, 0.15) is 62.8 Å². The summed E-state index contributed by atoms with van der Waals surface area (Å²) in [6.45, 7) is 0.237. The molecule has 0 aromatic carbocycles. The highest BCUT2D eigenvalue weighted by Crippen LogP contribution is 2.39. The predicted molar refractivity (Wildman–Crippen MR) is 199 cm³/mol. The number of fused-ring (bicyclic) bond motifs is 1. The van der Waals surface area contributed by atoms with Gasteiger partial charge in [-0.2, -0.15) is 0 Å². The first kappa shape index (κ1) is 55.4. The maximum absolute atomic E-state index is 12.3. The van der Waals surface area contributed by atoms with Crippen molar-refractivity contribution < 1.29 is 96.8 Å². The Morgan fingerprint density at radius 1 is 0.726 bits per heavy atom. The van der Waals surface area contributed by atoms with Gasteiger partial charge >= 0.3 is 23.9 Å². The van der Waals surface area contributed by atoms with Gasteiger partial charge in [0.25, 0.3) is 0 Å². The third-order valence-electron chi connectivity index (χ3n) is 8.47. The van der Waals surface area contributed by atoms with Crippen LogP contribution in [-0.2, 0) is 61.8 Å². The second kappa shape index (κ2) is 26.8. The lowest BCUT2D eigenvalue weighted by Crippen LogP contribution is -2.62. The molecule has 62 heavy (non-hydrogen) atoms. The van der Waals surface area contributed by atoms with Crippen LogP contribution in [0.15, 0.2) is 0 Å². The van der Waals surface area contributed by atoms with E-state index in [9.17, 15) is 69.8 Å². The molecule has 3 aliphatic rings. The summed E-state index contributed by atoms with van der Waals surface area (Å²) >= 11 is 0. The van der Waals surface area contributed by atoms with Crippen molar-refractivity contribution in [2.45, 2.75) is 113 Å². The molecular formula is C32H52ClN5O24. The van der Waals surface area contributed by atoms with Gasteiger partial charge in [-0.1, -0.05) is 0 Å². The van der Waals surface area contributed by atoms with Gasteiger partial charge in [-0.15, -0.1) is 12.4 Å². The molecule has 10 unspecified atom stereocenters. The highest BCUT2D eigenvalue weighted by atomic mass is 35.5. The molecule has 0 radical (unpaired) electrons. The zero-order valence-electron chi connectivity index (χ0n) is 34.0. The molecule has 0 aliphatic carbocycles. The smallest absolute Gasteiger partial charge is 0.313 e. The summed E-state index contributed by atoms with van der Waals surface area (Å²) < 4.78 is 48.1. The number of nitrogens with zero attached hydrogens (tertiary/aromatic N) is 5. The van der Waals surface area contributed by atoms with E-state index >= 15 is 0 Å². The molecular weight excluding hydrogens is 874 g/mol. The van der Waals surface area contributed by atoms with Crippen molar-refractivity contribution in [2.24, 2.45) is 0 Å². The minimum absolute atomic E-state index is 0. The van der Waals surface area contributed by atoms with Crippen LogP contribution in [0.4, 0.5) is 0 Å². The fraction of sp³-hybridized carbons (Fsp3) is 0.875. The van der Waals surface area contributed by atoms with Crippen molar-refractivity contribution in [2.75, 3.05) is 66.6 Å². The Labute approximate surface area is 358 Å². The number of ether oxygens (including phenoxy) is 9. The average Bonchev–Trinajstić information content (AvgIpc) is 3.65. The fourth-order valence-electron chi connectivity index (χ4n) is 5.75. The molecule has 30 heteroatoms. The van der Waals surface area contributed by atoms with E-state index in [1.807, 2.05) is 27.9 Å². The lowest BCUT2D eigenvalue weighted by molar-refractivity contribution is -0.479.